The summed E-state index contributed by atoms with van der Waals surface area (Å²) in [5.74, 6) is 0. The van der Waals surface area contributed by atoms with Crippen molar-refractivity contribution in [2.45, 2.75) is 6.42 Å². The van der Waals surface area contributed by atoms with Gasteiger partial charge in [-0.05, 0) is 43.2 Å². The van der Waals surface area contributed by atoms with E-state index in [9.17, 15) is 0 Å². The molecule has 0 amide bonds. The van der Waals surface area contributed by atoms with E-state index in [0.717, 1.165) is 12.6 Å². The molecule has 0 saturated carbocycles. The Bertz CT molecular complexity index is 1350. The van der Waals surface area contributed by atoms with Gasteiger partial charge in [-0.3, -0.25) is 0 Å². The molecule has 0 atom stereocenters. The molecule has 0 nitrogen and oxygen atoms in total. The molecule has 194 valence electrons. The molecule has 0 bridgehead atoms. The summed E-state index contributed by atoms with van der Waals surface area (Å²) in [5, 5.41) is 7.25. The average molecular weight is 582 g/mol. The van der Waals surface area contributed by atoms with Gasteiger partial charge >= 0.3 is 17.1 Å². The summed E-state index contributed by atoms with van der Waals surface area (Å²) in [5.41, 5.74) is 1.49. The van der Waals surface area contributed by atoms with Gasteiger partial charge in [-0.1, -0.05) is 128 Å². The molecule has 39 heavy (non-hydrogen) atoms. The zero-order chi connectivity index (χ0) is 25.8. The van der Waals surface area contributed by atoms with Gasteiger partial charge in [-0.2, -0.15) is 24.3 Å². The van der Waals surface area contributed by atoms with E-state index in [2.05, 4.69) is 140 Å². The van der Waals surface area contributed by atoms with Crippen molar-refractivity contribution in [3.63, 3.8) is 0 Å². The van der Waals surface area contributed by atoms with E-state index in [-0.39, 0.29) is 25.0 Å². The Hall–Kier alpha value is -3.04. The maximum atomic E-state index is 2.36. The summed E-state index contributed by atoms with van der Waals surface area (Å²) in [4.78, 5) is 0. The first kappa shape index (κ1) is 29.0. The van der Waals surface area contributed by atoms with Crippen LogP contribution in [0.3, 0.4) is 0 Å². The fourth-order valence-corrected chi connectivity index (χ4v) is 9.48. The van der Waals surface area contributed by atoms with Crippen LogP contribution in [0, 0.1) is 0 Å². The molecule has 0 aliphatic carbocycles. The van der Waals surface area contributed by atoms with Crippen molar-refractivity contribution in [1.29, 1.82) is 0 Å². The van der Waals surface area contributed by atoms with Crippen LogP contribution in [0.1, 0.15) is 5.56 Å². The van der Waals surface area contributed by atoms with Crippen molar-refractivity contribution in [2.24, 2.45) is 0 Å². The van der Waals surface area contributed by atoms with Crippen LogP contribution >= 0.6 is 15.8 Å². The molecule has 0 radical (unpaired) electrons. The Kier molecular flexibility index (Phi) is 11.5. The third kappa shape index (κ3) is 7.99. The zero-order valence-corrected chi connectivity index (χ0v) is 24.7. The zero-order valence-electron chi connectivity index (χ0n) is 21.8. The minimum Gasteiger partial charge on any atom is -0.214 e. The number of rotatable bonds is 8. The maximum absolute atomic E-state index is 2.36. The largest absolute Gasteiger partial charge is 2.00 e. The summed E-state index contributed by atoms with van der Waals surface area (Å²) in [6.07, 6.45) is 2.25. The van der Waals surface area contributed by atoms with E-state index in [1.54, 1.807) is 0 Å². The molecule has 0 unspecified atom stereocenters. The molecular weight excluding hydrogens is 550 g/mol. The fourth-order valence-electron chi connectivity index (χ4n) is 4.63. The van der Waals surface area contributed by atoms with Crippen LogP contribution < -0.4 is 26.5 Å². The van der Waals surface area contributed by atoms with Gasteiger partial charge in [0.2, 0.25) is 0 Å². The summed E-state index contributed by atoms with van der Waals surface area (Å²) >= 11 is 0. The molecule has 3 heteroatoms. The molecule has 6 aromatic carbocycles. The van der Waals surface area contributed by atoms with Gasteiger partial charge < -0.3 is 0 Å². The molecule has 6 rings (SSSR count). The van der Waals surface area contributed by atoms with Gasteiger partial charge in [0.05, 0.1) is 0 Å². The number of hydrogen-bond donors (Lipinski definition) is 0. The third-order valence-electron chi connectivity index (χ3n) is 6.45. The van der Waals surface area contributed by atoms with Gasteiger partial charge in [0, 0.05) is 0 Å². The van der Waals surface area contributed by atoms with Crippen LogP contribution in [0.4, 0.5) is 0 Å². The van der Waals surface area contributed by atoms with Crippen LogP contribution in [-0.4, -0.2) is 6.16 Å². The van der Waals surface area contributed by atoms with E-state index in [1.165, 1.54) is 32.1 Å². The molecule has 0 aromatic heterocycles. The van der Waals surface area contributed by atoms with Crippen molar-refractivity contribution in [3.05, 3.63) is 175 Å². The second-order valence-corrected chi connectivity index (χ2v) is 13.5. The van der Waals surface area contributed by atoms with Crippen molar-refractivity contribution in [3.8, 4) is 0 Å². The molecule has 0 saturated heterocycles. The first-order chi connectivity index (χ1) is 18.9. The molecule has 0 aliphatic rings. The Morgan fingerprint density at radius 1 is 0.487 bits per heavy atom. The third-order valence-corrected chi connectivity index (χ3v) is 11.5. The first-order valence-corrected chi connectivity index (χ1v) is 16.0. The Labute approximate surface area is 246 Å². The van der Waals surface area contributed by atoms with Crippen LogP contribution in [-0.2, 0) is 23.5 Å². The van der Waals surface area contributed by atoms with E-state index >= 15 is 0 Å². The second-order valence-electron chi connectivity index (χ2n) is 8.98. The second kappa shape index (κ2) is 15.5. The molecule has 0 aliphatic heterocycles. The SMILES string of the molecule is [Fe+2].c1cc[cH-]c1.c1ccc(P(CC[c-]2cccc2P(c2ccccc2)c2ccccc2)c2ccccc2)cc1. The van der Waals surface area contributed by atoms with Gasteiger partial charge in [0.25, 0.3) is 0 Å². The summed E-state index contributed by atoms with van der Waals surface area (Å²) in [7, 11) is -0.950. The first-order valence-electron chi connectivity index (χ1n) is 13.1. The minimum atomic E-state index is -0.562. The van der Waals surface area contributed by atoms with Crippen LogP contribution in [0.15, 0.2) is 170 Å². The smallest absolute Gasteiger partial charge is 0.214 e. The topological polar surface area (TPSA) is 0 Å². The predicted molar refractivity (Wildman–Crippen MR) is 170 cm³/mol. The Balaban J connectivity index is 0.000000530. The quantitative estimate of drug-likeness (QED) is 0.101. The molecular formula is C36H32FeP2. The predicted octanol–water partition coefficient (Wildman–Crippen LogP) is 7.24. The number of benzene rings is 4. The molecule has 0 heterocycles. The van der Waals surface area contributed by atoms with E-state index in [4.69, 9.17) is 0 Å². The number of hydrogen-bond acceptors (Lipinski definition) is 0. The molecule has 6 aromatic rings. The van der Waals surface area contributed by atoms with Crippen molar-refractivity contribution in [1.82, 2.24) is 0 Å². The van der Waals surface area contributed by atoms with Gasteiger partial charge in [0.1, 0.15) is 0 Å². The standard InChI is InChI=1S/C31H27P2.C5H5.Fe/c1-5-15-27(16-6-1)32(28-17-7-2-8-18-28)25-24-26-14-13-23-31(26)33(29-19-9-3-10-20-29)30-21-11-4-12-22-30;1-2-4-5-3-1;/h1-23H,24-25H2;1-5H;/q2*-1;+2. The summed E-state index contributed by atoms with van der Waals surface area (Å²) in [6, 6.07) is 61.1. The van der Waals surface area contributed by atoms with Gasteiger partial charge in [0.15, 0.2) is 0 Å². The minimum absolute atomic E-state index is 0. The van der Waals surface area contributed by atoms with Gasteiger partial charge in [-0.25, -0.2) is 24.3 Å². The Morgan fingerprint density at radius 2 is 0.923 bits per heavy atom. The molecule has 0 fully saturated rings. The molecule has 0 spiro atoms. The van der Waals surface area contributed by atoms with Crippen molar-refractivity contribution < 1.29 is 17.1 Å². The summed E-state index contributed by atoms with van der Waals surface area (Å²) in [6.45, 7) is 0. The van der Waals surface area contributed by atoms with E-state index in [0.29, 0.717) is 0 Å². The fraction of sp³-hybridized carbons (Fsp3) is 0.0556. The van der Waals surface area contributed by atoms with Crippen LogP contribution in [0.25, 0.3) is 0 Å². The van der Waals surface area contributed by atoms with E-state index < -0.39 is 7.92 Å². The van der Waals surface area contributed by atoms with Crippen molar-refractivity contribution in [2.75, 3.05) is 6.16 Å². The maximum Gasteiger partial charge on any atom is 2.00 e. The van der Waals surface area contributed by atoms with Crippen molar-refractivity contribution >= 4 is 42.4 Å². The van der Waals surface area contributed by atoms with Crippen LogP contribution in [0.5, 0.6) is 0 Å². The van der Waals surface area contributed by atoms with Crippen LogP contribution in [0.2, 0.25) is 0 Å². The van der Waals surface area contributed by atoms with Gasteiger partial charge in [-0.15, -0.1) is 10.9 Å². The monoisotopic (exact) mass is 582 g/mol. The Morgan fingerprint density at radius 3 is 1.33 bits per heavy atom. The number of aryl methyl sites for hydroxylation is 1. The normalized spacial score (nSPS) is 10.5. The summed E-state index contributed by atoms with van der Waals surface area (Å²) < 4.78 is 0. The van der Waals surface area contributed by atoms with E-state index in [1.807, 2.05) is 30.3 Å². The molecule has 0 N–H and O–H groups in total. The average Bonchev–Trinajstić information content (AvgIpc) is 3.72.